The number of ketones is 1. The molecule has 4 rings (SSSR count). The second-order valence-corrected chi connectivity index (χ2v) is 11.7. The first-order valence-electron chi connectivity index (χ1n) is 12.8. The van der Waals surface area contributed by atoms with E-state index in [1.807, 2.05) is 13.8 Å². The molecular weight excluding hydrogens is 390 g/mol. The van der Waals surface area contributed by atoms with E-state index in [0.717, 1.165) is 37.5 Å². The lowest BCUT2D eigenvalue weighted by Crippen LogP contribution is -2.54. The van der Waals surface area contributed by atoms with E-state index in [9.17, 15) is 9.59 Å². The number of aliphatic hydroxyl groups is 1. The van der Waals surface area contributed by atoms with E-state index in [4.69, 9.17) is 9.84 Å². The smallest absolute Gasteiger partial charge is 0.323 e. The Labute approximate surface area is 188 Å². The first-order valence-corrected chi connectivity index (χ1v) is 12.8. The molecule has 0 aromatic carbocycles. The number of carbonyl (C=O) groups is 2. The molecule has 4 aliphatic carbocycles. The number of rotatable bonds is 6. The Balaban J connectivity index is 1.41. The van der Waals surface area contributed by atoms with E-state index < -0.39 is 0 Å². The Morgan fingerprint density at radius 1 is 1.03 bits per heavy atom. The summed E-state index contributed by atoms with van der Waals surface area (Å²) in [7, 11) is 0. The minimum Gasteiger partial charge on any atom is -0.461 e. The van der Waals surface area contributed by atoms with E-state index in [1.54, 1.807) is 0 Å². The highest BCUT2D eigenvalue weighted by molar-refractivity contribution is 5.79. The van der Waals surface area contributed by atoms with Crippen LogP contribution in [0.5, 0.6) is 0 Å². The van der Waals surface area contributed by atoms with Crippen molar-refractivity contribution in [2.24, 2.45) is 40.4 Å². The van der Waals surface area contributed by atoms with Gasteiger partial charge in [0.2, 0.25) is 0 Å². The quantitative estimate of drug-likeness (QED) is 0.617. The Morgan fingerprint density at radius 2 is 1.74 bits per heavy atom. The number of Topliss-reactive ketones (excluding diaryl/α,β-unsaturated/α-hetero) is 1. The molecular formula is C26H43NO4. The van der Waals surface area contributed by atoms with Crippen molar-refractivity contribution in [2.75, 3.05) is 13.2 Å². The molecule has 4 saturated carbocycles. The number of esters is 1. The van der Waals surface area contributed by atoms with Gasteiger partial charge in [-0.2, -0.15) is 0 Å². The van der Waals surface area contributed by atoms with Crippen LogP contribution in [0.4, 0.5) is 0 Å². The number of hydrogen-bond donors (Lipinski definition) is 2. The second-order valence-electron chi connectivity index (χ2n) is 11.7. The summed E-state index contributed by atoms with van der Waals surface area (Å²) in [5.74, 6) is 3.38. The maximum absolute atomic E-state index is 12.4. The van der Waals surface area contributed by atoms with Gasteiger partial charge < -0.3 is 15.2 Å². The first kappa shape index (κ1) is 23.2. The zero-order valence-electron chi connectivity index (χ0n) is 20.0. The van der Waals surface area contributed by atoms with E-state index in [-0.39, 0.29) is 36.1 Å². The van der Waals surface area contributed by atoms with Crippen LogP contribution < -0.4 is 5.32 Å². The zero-order chi connectivity index (χ0) is 22.4. The number of fused-ring (bicyclic) bond motifs is 5. The molecule has 0 spiro atoms. The van der Waals surface area contributed by atoms with Crippen molar-refractivity contribution >= 4 is 11.8 Å². The Kier molecular flexibility index (Phi) is 6.58. The summed E-state index contributed by atoms with van der Waals surface area (Å²) < 4.78 is 5.89. The van der Waals surface area contributed by atoms with Crippen LogP contribution in [0, 0.1) is 40.4 Å². The van der Waals surface area contributed by atoms with Crippen molar-refractivity contribution in [2.45, 2.75) is 97.6 Å². The van der Waals surface area contributed by atoms with E-state index in [0.29, 0.717) is 29.6 Å². The van der Waals surface area contributed by atoms with Gasteiger partial charge in [-0.05, 0) is 106 Å². The van der Waals surface area contributed by atoms with Crippen LogP contribution >= 0.6 is 0 Å². The fourth-order valence-corrected chi connectivity index (χ4v) is 8.62. The third-order valence-corrected chi connectivity index (χ3v) is 10.3. The van der Waals surface area contributed by atoms with Crippen LogP contribution in [0.25, 0.3) is 0 Å². The van der Waals surface area contributed by atoms with Crippen LogP contribution in [0.3, 0.4) is 0 Å². The van der Waals surface area contributed by atoms with Gasteiger partial charge in [0.05, 0.1) is 6.61 Å². The molecule has 5 heteroatoms. The van der Waals surface area contributed by atoms with Crippen LogP contribution in [0.15, 0.2) is 0 Å². The molecule has 176 valence electrons. The largest absolute Gasteiger partial charge is 0.461 e. The second kappa shape index (κ2) is 8.78. The van der Waals surface area contributed by atoms with E-state index in [1.165, 1.54) is 32.1 Å². The molecule has 5 nitrogen and oxygen atoms in total. The molecule has 9 atom stereocenters. The van der Waals surface area contributed by atoms with Gasteiger partial charge in [0.25, 0.3) is 0 Å². The fraction of sp³-hybridized carbons (Fsp3) is 0.923. The van der Waals surface area contributed by atoms with Gasteiger partial charge in [-0.15, -0.1) is 0 Å². The van der Waals surface area contributed by atoms with Gasteiger partial charge in [0.1, 0.15) is 17.9 Å². The molecule has 0 aromatic heterocycles. The van der Waals surface area contributed by atoms with Crippen molar-refractivity contribution in [3.8, 4) is 0 Å². The highest BCUT2D eigenvalue weighted by atomic mass is 16.5. The predicted molar refractivity (Wildman–Crippen MR) is 120 cm³/mol. The maximum atomic E-state index is 12.4. The molecule has 31 heavy (non-hydrogen) atoms. The van der Waals surface area contributed by atoms with Crippen molar-refractivity contribution in [3.63, 3.8) is 0 Å². The predicted octanol–water partition coefficient (Wildman–Crippen LogP) is 4.12. The first-order chi connectivity index (χ1) is 14.7. The van der Waals surface area contributed by atoms with E-state index in [2.05, 4.69) is 19.2 Å². The third-order valence-electron chi connectivity index (χ3n) is 10.3. The number of carbonyl (C=O) groups excluding carboxylic acids is 2. The van der Waals surface area contributed by atoms with Crippen molar-refractivity contribution in [3.05, 3.63) is 0 Å². The molecule has 4 fully saturated rings. The molecule has 0 aliphatic heterocycles. The lowest BCUT2D eigenvalue weighted by Gasteiger charge is -2.61. The average molecular weight is 434 g/mol. The topological polar surface area (TPSA) is 75.6 Å². The van der Waals surface area contributed by atoms with Gasteiger partial charge in [-0.25, -0.2) is 0 Å². The van der Waals surface area contributed by atoms with Crippen molar-refractivity contribution < 1.29 is 19.4 Å². The van der Waals surface area contributed by atoms with Crippen LogP contribution in [-0.4, -0.2) is 42.2 Å². The van der Waals surface area contributed by atoms with Crippen LogP contribution in [0.2, 0.25) is 0 Å². The molecule has 4 aliphatic rings. The number of nitrogens with one attached hydrogen (secondary N) is 1. The molecule has 0 unspecified atom stereocenters. The normalized spacial score (nSPS) is 45.2. The van der Waals surface area contributed by atoms with Gasteiger partial charge in [0, 0.05) is 12.5 Å². The highest BCUT2D eigenvalue weighted by Crippen LogP contribution is 2.67. The molecule has 0 radical (unpaired) electrons. The van der Waals surface area contributed by atoms with Gasteiger partial charge in [-0.3, -0.25) is 9.59 Å². The van der Waals surface area contributed by atoms with Crippen LogP contribution in [-0.2, 0) is 14.3 Å². The summed E-state index contributed by atoms with van der Waals surface area (Å²) in [5.41, 5.74) is 0.572. The number of ether oxygens (including phenoxy) is 1. The monoisotopic (exact) mass is 433 g/mol. The van der Waals surface area contributed by atoms with Gasteiger partial charge in [-0.1, -0.05) is 13.8 Å². The fourth-order valence-electron chi connectivity index (χ4n) is 8.62. The van der Waals surface area contributed by atoms with Crippen molar-refractivity contribution in [1.82, 2.24) is 5.32 Å². The minimum absolute atomic E-state index is 0.0250. The molecule has 0 amide bonds. The number of aliphatic hydroxyl groups excluding tert-OH is 1. The Morgan fingerprint density at radius 3 is 2.45 bits per heavy atom. The van der Waals surface area contributed by atoms with Gasteiger partial charge >= 0.3 is 5.97 Å². The number of hydrogen-bond acceptors (Lipinski definition) is 5. The maximum Gasteiger partial charge on any atom is 0.323 e. The van der Waals surface area contributed by atoms with Gasteiger partial charge in [0.15, 0.2) is 0 Å². The molecule has 0 bridgehead atoms. The summed E-state index contributed by atoms with van der Waals surface area (Å²) in [5, 5.41) is 12.0. The minimum atomic E-state index is -0.371. The SMILES string of the molecule is CC(=O)[C@H]1CC[C@H]2[C@@H]3CC[C@H]4C[C@H](OC(=O)[C@H](C)NCCO)CC[C@]4(C)[C@H]3CC[C@]12C. The lowest BCUT2D eigenvalue weighted by molar-refractivity contribution is -0.164. The Hall–Kier alpha value is -0.940. The summed E-state index contributed by atoms with van der Waals surface area (Å²) >= 11 is 0. The summed E-state index contributed by atoms with van der Waals surface area (Å²) in [4.78, 5) is 24.8. The summed E-state index contributed by atoms with van der Waals surface area (Å²) in [6.45, 7) is 9.00. The Bertz CT molecular complexity index is 695. The van der Waals surface area contributed by atoms with Crippen LogP contribution in [0.1, 0.15) is 85.5 Å². The molecule has 2 N–H and O–H groups in total. The van der Waals surface area contributed by atoms with Crippen molar-refractivity contribution in [1.29, 1.82) is 0 Å². The standard InChI is InChI=1S/C26H43NO4/c1-16(27-13-14-28)24(30)31-19-9-11-25(3)18(15-19)5-6-20-22-8-7-21(17(2)29)26(22,4)12-10-23(20)25/h16,18-23,27-28H,5-15H2,1-4H3/t16-,18-,19+,20-,21+,22-,23-,25-,26+/m0/s1. The molecule has 0 heterocycles. The average Bonchev–Trinajstić information content (AvgIpc) is 3.09. The molecule has 0 aromatic rings. The third kappa shape index (κ3) is 3.99. The zero-order valence-corrected chi connectivity index (χ0v) is 20.0. The molecule has 0 saturated heterocycles. The lowest BCUT2D eigenvalue weighted by atomic mass is 9.44. The summed E-state index contributed by atoms with van der Waals surface area (Å²) in [6, 6.07) is -0.371. The highest BCUT2D eigenvalue weighted by Gasteiger charge is 2.60. The van der Waals surface area contributed by atoms with E-state index >= 15 is 0 Å². The summed E-state index contributed by atoms with van der Waals surface area (Å²) in [6.07, 6.45) is 10.5.